The lowest BCUT2D eigenvalue weighted by molar-refractivity contribution is -0.139. The quantitative estimate of drug-likeness (QED) is 0.291. The van der Waals surface area contributed by atoms with Crippen LogP contribution in [0.15, 0.2) is 11.6 Å². The highest BCUT2D eigenvalue weighted by atomic mass is 31.2. The van der Waals surface area contributed by atoms with Crippen molar-refractivity contribution < 1.29 is 45.2 Å². The largest absolute Gasteiger partial charge is 0.466 e. The summed E-state index contributed by atoms with van der Waals surface area (Å²) in [7, 11) is -4.64. The van der Waals surface area contributed by atoms with Crippen molar-refractivity contribution in [3.8, 4) is 0 Å². The Bertz CT molecular complexity index is 715. The lowest BCUT2D eigenvalue weighted by Gasteiger charge is -2.36. The van der Waals surface area contributed by atoms with Gasteiger partial charge in [0, 0.05) is 22.7 Å². The van der Waals surface area contributed by atoms with E-state index in [0.29, 0.717) is 12.8 Å². The summed E-state index contributed by atoms with van der Waals surface area (Å²) in [6.45, 7) is -1.03. The Morgan fingerprint density at radius 2 is 2.00 bits per heavy atom. The van der Waals surface area contributed by atoms with Gasteiger partial charge in [-0.25, -0.2) is 9.36 Å². The van der Waals surface area contributed by atoms with Gasteiger partial charge in [-0.2, -0.15) is 0 Å². The molecule has 1 aliphatic rings. The summed E-state index contributed by atoms with van der Waals surface area (Å²) < 4.78 is 55.7. The van der Waals surface area contributed by atoms with Crippen molar-refractivity contribution in [1.82, 2.24) is 5.32 Å². The summed E-state index contributed by atoms with van der Waals surface area (Å²) in [5, 5.41) is 2.72. The van der Waals surface area contributed by atoms with Gasteiger partial charge < -0.3 is 35.2 Å². The number of nitrogens with two attached hydrogens (primary N) is 1. The Kier molecular flexibility index (Phi) is 8.05. The molecular formula is C16H31N2O8P. The molecule has 0 aromatic carbocycles. The molecule has 0 saturated carbocycles. The molecule has 10 nitrogen and oxygen atoms in total. The average molecular weight is 415 g/mol. The molecule has 158 valence electrons. The molecule has 11 heteroatoms. The molecule has 0 aromatic rings. The van der Waals surface area contributed by atoms with E-state index in [1.54, 1.807) is 0 Å². The van der Waals surface area contributed by atoms with Crippen LogP contribution >= 0.6 is 7.82 Å². The number of hydrogen-bond acceptors (Lipinski definition) is 6. The first-order chi connectivity index (χ1) is 14.3. The van der Waals surface area contributed by atoms with Gasteiger partial charge in [0.05, 0.1) is 27.6 Å². The maximum atomic E-state index is 12.3. The molecule has 1 aliphatic carbocycles. The molecule has 6 N–H and O–H groups in total. The SMILES string of the molecule is O=P(O)(O)O.[2H]C([2H])([2H])C([2H])([2H])OC(=O)C1=CC(OC(CC)CC)C(NC(C)=O)C(N)C1. The predicted octanol–water partition coefficient (Wildman–Crippen LogP) is 0.357. The molecule has 0 spiro atoms. The second kappa shape index (κ2) is 12.2. The molecule has 1 rings (SSSR count). The first kappa shape index (κ1) is 17.8. The minimum Gasteiger partial charge on any atom is -0.463 e. The van der Waals surface area contributed by atoms with E-state index < -0.39 is 45.4 Å². The topological polar surface area (TPSA) is 168 Å². The third kappa shape index (κ3) is 11.2. The Morgan fingerprint density at radius 1 is 1.44 bits per heavy atom. The van der Waals surface area contributed by atoms with Crippen LogP contribution in [-0.2, 0) is 23.6 Å². The Morgan fingerprint density at radius 3 is 2.44 bits per heavy atom. The molecule has 3 atom stereocenters. The highest BCUT2D eigenvalue weighted by Crippen LogP contribution is 2.26. The summed E-state index contributed by atoms with van der Waals surface area (Å²) in [6, 6.07) is -1.25. The van der Waals surface area contributed by atoms with Gasteiger partial charge in [-0.15, -0.1) is 0 Å². The number of carbonyl (C=O) groups excluding carboxylic acids is 2. The van der Waals surface area contributed by atoms with Gasteiger partial charge >= 0.3 is 13.8 Å². The monoisotopic (exact) mass is 415 g/mol. The molecule has 0 heterocycles. The van der Waals surface area contributed by atoms with Crippen molar-refractivity contribution in [1.29, 1.82) is 0 Å². The Labute approximate surface area is 166 Å². The van der Waals surface area contributed by atoms with Crippen LogP contribution in [0.1, 0.15) is 53.7 Å². The molecule has 27 heavy (non-hydrogen) atoms. The van der Waals surface area contributed by atoms with Crippen LogP contribution in [0.3, 0.4) is 0 Å². The third-order valence-corrected chi connectivity index (χ3v) is 3.67. The van der Waals surface area contributed by atoms with Crippen LogP contribution in [0.25, 0.3) is 0 Å². The van der Waals surface area contributed by atoms with Crippen molar-refractivity contribution in [2.45, 2.75) is 71.2 Å². The first-order valence-corrected chi connectivity index (χ1v) is 9.79. The summed E-state index contributed by atoms with van der Waals surface area (Å²) >= 11 is 0. The minimum atomic E-state index is -4.64. The zero-order valence-corrected chi connectivity index (χ0v) is 16.3. The number of nitrogens with one attached hydrogen (secondary N) is 1. The van der Waals surface area contributed by atoms with Crippen molar-refractivity contribution >= 4 is 19.7 Å². The van der Waals surface area contributed by atoms with Gasteiger partial charge in [-0.3, -0.25) is 4.79 Å². The van der Waals surface area contributed by atoms with Gasteiger partial charge in [-0.05, 0) is 32.2 Å². The zero-order chi connectivity index (χ0) is 25.5. The second-order valence-corrected chi connectivity index (χ2v) is 6.86. The summed E-state index contributed by atoms with van der Waals surface area (Å²) in [5.74, 6) is -1.40. The van der Waals surface area contributed by atoms with E-state index in [0.717, 1.165) is 0 Å². The summed E-state index contributed by atoms with van der Waals surface area (Å²) in [6.07, 6.45) is 2.00. The highest BCUT2D eigenvalue weighted by Gasteiger charge is 2.35. The molecule has 0 aromatic heterocycles. The van der Waals surface area contributed by atoms with Crippen molar-refractivity contribution in [2.75, 3.05) is 6.56 Å². The Balaban J connectivity index is 0.00000172. The van der Waals surface area contributed by atoms with E-state index in [4.69, 9.17) is 36.6 Å². The normalized spacial score (nSPS) is 26.1. The van der Waals surface area contributed by atoms with Crippen LogP contribution in [-0.4, -0.2) is 57.4 Å². The lowest BCUT2D eigenvalue weighted by atomic mass is 9.88. The molecule has 0 radical (unpaired) electrons. The third-order valence-electron chi connectivity index (χ3n) is 3.67. The fraction of sp³-hybridized carbons (Fsp3) is 0.750. The summed E-state index contributed by atoms with van der Waals surface area (Å²) in [4.78, 5) is 45.4. The van der Waals surface area contributed by atoms with Crippen molar-refractivity contribution in [2.24, 2.45) is 5.73 Å². The fourth-order valence-electron chi connectivity index (χ4n) is 2.51. The van der Waals surface area contributed by atoms with Crippen LogP contribution in [0.4, 0.5) is 0 Å². The van der Waals surface area contributed by atoms with E-state index in [-0.39, 0.29) is 24.0 Å². The van der Waals surface area contributed by atoms with Crippen molar-refractivity contribution in [3.63, 3.8) is 0 Å². The number of amides is 1. The molecule has 1 amide bonds. The van der Waals surface area contributed by atoms with E-state index in [1.807, 2.05) is 13.8 Å². The second-order valence-electron chi connectivity index (χ2n) is 5.83. The van der Waals surface area contributed by atoms with E-state index >= 15 is 0 Å². The van der Waals surface area contributed by atoms with E-state index in [9.17, 15) is 9.59 Å². The first-order valence-electron chi connectivity index (χ1n) is 10.7. The predicted molar refractivity (Wildman–Crippen MR) is 98.4 cm³/mol. The zero-order valence-electron chi connectivity index (χ0n) is 20.4. The van der Waals surface area contributed by atoms with Gasteiger partial charge in [0.25, 0.3) is 0 Å². The van der Waals surface area contributed by atoms with Crippen LogP contribution < -0.4 is 11.1 Å². The van der Waals surface area contributed by atoms with Crippen LogP contribution in [0, 0.1) is 0 Å². The molecule has 3 unspecified atom stereocenters. The molecule has 0 saturated heterocycles. The number of ether oxygens (including phenoxy) is 2. The van der Waals surface area contributed by atoms with Gasteiger partial charge in [0.2, 0.25) is 5.91 Å². The lowest BCUT2D eigenvalue weighted by Crippen LogP contribution is -2.57. The smallest absolute Gasteiger partial charge is 0.463 e. The number of phosphoric acid groups is 1. The van der Waals surface area contributed by atoms with Crippen LogP contribution in [0.5, 0.6) is 0 Å². The van der Waals surface area contributed by atoms with Gasteiger partial charge in [-0.1, -0.05) is 13.8 Å². The van der Waals surface area contributed by atoms with Crippen LogP contribution in [0.2, 0.25) is 0 Å². The van der Waals surface area contributed by atoms with E-state index in [1.165, 1.54) is 13.0 Å². The maximum absolute atomic E-state index is 12.3. The number of hydrogen-bond donors (Lipinski definition) is 5. The standard InChI is InChI=1S/C16H28N2O4.H3O4P/c1-5-12(6-2)22-14-9-11(16(20)21-7-3)8-13(17)15(14)18-10(4)19;1-5(2,3)4/h9,12-15H,5-8,17H2,1-4H3,(H,18,19);(H3,1,2,3,4)/i3D3,7D2;. The van der Waals surface area contributed by atoms with E-state index in [2.05, 4.69) is 10.1 Å². The summed E-state index contributed by atoms with van der Waals surface area (Å²) in [5.41, 5.74) is 6.13. The number of rotatable bonds is 7. The molecule has 0 fully saturated rings. The maximum Gasteiger partial charge on any atom is 0.466 e. The number of carbonyl (C=O) groups is 2. The van der Waals surface area contributed by atoms with Gasteiger partial charge in [0.1, 0.15) is 0 Å². The number of esters is 1. The molecule has 0 aliphatic heterocycles. The minimum absolute atomic E-state index is 0.0103. The average Bonchev–Trinajstić information content (AvgIpc) is 2.58. The highest BCUT2D eigenvalue weighted by molar-refractivity contribution is 7.45. The fourth-order valence-corrected chi connectivity index (χ4v) is 2.51. The molecule has 0 bridgehead atoms. The van der Waals surface area contributed by atoms with Gasteiger partial charge in [0.15, 0.2) is 0 Å². The van der Waals surface area contributed by atoms with Crippen molar-refractivity contribution in [3.05, 3.63) is 11.6 Å². The Hall–Kier alpha value is -1.29. The molecular weight excluding hydrogens is 379 g/mol.